The molecule has 27 heavy (non-hydrogen) atoms. The average molecular weight is 392 g/mol. The minimum Gasteiger partial charge on any atom is -0.489 e. The van der Waals surface area contributed by atoms with E-state index >= 15 is 0 Å². The van der Waals surface area contributed by atoms with Crippen molar-refractivity contribution in [2.45, 2.75) is 19.0 Å². The lowest BCUT2D eigenvalue weighted by molar-refractivity contribution is -0.143. The molecule has 2 rings (SSSR count). The molecule has 0 spiro atoms. The maximum absolute atomic E-state index is 12.8. The molecule has 0 fully saturated rings. The Labute approximate surface area is 149 Å². The molecule has 0 bridgehead atoms. The Morgan fingerprint density at radius 1 is 0.926 bits per heavy atom. The molecule has 0 aliphatic carbocycles. The summed E-state index contributed by atoms with van der Waals surface area (Å²) in [6, 6.07) is 6.98. The Morgan fingerprint density at radius 3 is 1.89 bits per heavy atom. The van der Waals surface area contributed by atoms with E-state index in [9.17, 15) is 31.1 Å². The van der Waals surface area contributed by atoms with Crippen LogP contribution in [0.15, 0.2) is 42.5 Å². The van der Waals surface area contributed by atoms with E-state index in [0.717, 1.165) is 0 Å². The van der Waals surface area contributed by atoms with Gasteiger partial charge in [-0.05, 0) is 48.0 Å². The number of benzene rings is 2. The van der Waals surface area contributed by atoms with E-state index in [4.69, 9.17) is 10.5 Å². The van der Waals surface area contributed by atoms with Gasteiger partial charge in [-0.1, -0.05) is 0 Å². The van der Waals surface area contributed by atoms with Crippen molar-refractivity contribution in [2.75, 3.05) is 11.9 Å². The van der Waals surface area contributed by atoms with Crippen molar-refractivity contribution in [3.63, 3.8) is 0 Å². The first-order chi connectivity index (χ1) is 12.5. The van der Waals surface area contributed by atoms with Crippen LogP contribution in [0, 0.1) is 0 Å². The van der Waals surface area contributed by atoms with Crippen LogP contribution in [0.25, 0.3) is 0 Å². The van der Waals surface area contributed by atoms with Gasteiger partial charge in [0.15, 0.2) is 0 Å². The average Bonchev–Trinajstić information content (AvgIpc) is 2.59. The summed E-state index contributed by atoms with van der Waals surface area (Å²) in [5, 5.41) is 2.47. The second-order valence-electron chi connectivity index (χ2n) is 5.48. The normalized spacial score (nSPS) is 12.0. The third kappa shape index (κ3) is 5.88. The van der Waals surface area contributed by atoms with E-state index < -0.39 is 36.0 Å². The molecule has 0 saturated heterocycles. The van der Waals surface area contributed by atoms with Gasteiger partial charge in [0.05, 0.1) is 17.7 Å². The number of nitrogens with two attached hydrogens (primary N) is 1. The number of carbonyl (C=O) groups excluding carboxylic acids is 1. The van der Waals surface area contributed by atoms with Crippen LogP contribution in [0.2, 0.25) is 0 Å². The molecular formula is C17H14F6N2O2. The summed E-state index contributed by atoms with van der Waals surface area (Å²) in [5.74, 6) is -0.223. The molecule has 146 valence electrons. The van der Waals surface area contributed by atoms with Crippen LogP contribution in [-0.4, -0.2) is 12.5 Å². The molecule has 0 radical (unpaired) electrons. The molecule has 0 aliphatic heterocycles. The predicted octanol–water partition coefficient (Wildman–Crippen LogP) is 4.20. The van der Waals surface area contributed by atoms with E-state index in [1.165, 1.54) is 24.3 Å². The molecule has 1 amide bonds. The van der Waals surface area contributed by atoms with Gasteiger partial charge in [0.2, 0.25) is 5.91 Å². The van der Waals surface area contributed by atoms with Crippen LogP contribution in [-0.2, 0) is 23.8 Å². The van der Waals surface area contributed by atoms with Crippen molar-refractivity contribution >= 4 is 11.6 Å². The topological polar surface area (TPSA) is 64.4 Å². The predicted molar refractivity (Wildman–Crippen MR) is 84.9 cm³/mol. The lowest BCUT2D eigenvalue weighted by Crippen LogP contribution is -2.21. The highest BCUT2D eigenvalue weighted by atomic mass is 19.4. The minimum atomic E-state index is -4.92. The fraction of sp³-hybridized carbons (Fsp3) is 0.235. The summed E-state index contributed by atoms with van der Waals surface area (Å²) in [6.45, 7) is -0.711. The Morgan fingerprint density at radius 2 is 1.44 bits per heavy atom. The largest absolute Gasteiger partial charge is 0.489 e. The summed E-state index contributed by atoms with van der Waals surface area (Å²) in [7, 11) is 0. The monoisotopic (exact) mass is 392 g/mol. The maximum Gasteiger partial charge on any atom is 0.416 e. The molecule has 0 unspecified atom stereocenters. The fourth-order valence-corrected chi connectivity index (χ4v) is 2.12. The van der Waals surface area contributed by atoms with Gasteiger partial charge in [0, 0.05) is 5.69 Å². The highest BCUT2D eigenvalue weighted by Crippen LogP contribution is 2.36. The number of carbonyl (C=O) groups is 1. The summed E-state index contributed by atoms with van der Waals surface area (Å²) in [4.78, 5) is 11.2. The quantitative estimate of drug-likeness (QED) is 0.750. The second kappa shape index (κ2) is 7.87. The van der Waals surface area contributed by atoms with Crippen molar-refractivity contribution in [1.29, 1.82) is 0 Å². The zero-order valence-electron chi connectivity index (χ0n) is 13.6. The summed E-state index contributed by atoms with van der Waals surface area (Å²) in [6.07, 6.45) is -9.84. The Kier molecular flexibility index (Phi) is 5.99. The van der Waals surface area contributed by atoms with Gasteiger partial charge in [0.25, 0.3) is 0 Å². The number of anilines is 1. The van der Waals surface area contributed by atoms with Crippen LogP contribution in [0.3, 0.4) is 0 Å². The van der Waals surface area contributed by atoms with Crippen LogP contribution in [0.1, 0.15) is 16.7 Å². The van der Waals surface area contributed by atoms with E-state index in [1.54, 1.807) is 0 Å². The number of ether oxygens (including phenoxy) is 1. The van der Waals surface area contributed by atoms with Crippen LogP contribution in [0.4, 0.5) is 32.0 Å². The van der Waals surface area contributed by atoms with Gasteiger partial charge >= 0.3 is 12.4 Å². The van der Waals surface area contributed by atoms with Crippen LogP contribution in [0.5, 0.6) is 5.75 Å². The van der Waals surface area contributed by atoms with Gasteiger partial charge in [0.1, 0.15) is 12.4 Å². The van der Waals surface area contributed by atoms with Crippen LogP contribution < -0.4 is 15.8 Å². The third-order valence-corrected chi connectivity index (χ3v) is 3.38. The number of hydrogen-bond donors (Lipinski definition) is 2. The summed E-state index contributed by atoms with van der Waals surface area (Å²) < 4.78 is 82.2. The Bertz CT molecular complexity index is 768. The van der Waals surface area contributed by atoms with Gasteiger partial charge in [-0.15, -0.1) is 0 Å². The summed E-state index contributed by atoms with van der Waals surface area (Å²) >= 11 is 0. The third-order valence-electron chi connectivity index (χ3n) is 3.38. The Hall–Kier alpha value is -2.75. The number of rotatable bonds is 5. The lowest BCUT2D eigenvalue weighted by atomic mass is 10.1. The summed E-state index contributed by atoms with van der Waals surface area (Å²) in [5.41, 5.74) is 2.47. The van der Waals surface area contributed by atoms with Crippen molar-refractivity contribution in [3.8, 4) is 5.75 Å². The first-order valence-electron chi connectivity index (χ1n) is 7.50. The molecule has 2 aromatic carbocycles. The van der Waals surface area contributed by atoms with E-state index in [0.29, 0.717) is 17.8 Å². The number of alkyl halides is 6. The molecule has 0 heterocycles. The maximum atomic E-state index is 12.8. The number of hydrogen-bond acceptors (Lipinski definition) is 3. The van der Waals surface area contributed by atoms with Crippen LogP contribution >= 0.6 is 0 Å². The molecule has 0 atom stereocenters. The number of halogens is 6. The molecule has 0 saturated carbocycles. The van der Waals surface area contributed by atoms with E-state index in [1.807, 2.05) is 0 Å². The van der Waals surface area contributed by atoms with Gasteiger partial charge in [-0.25, -0.2) is 0 Å². The molecule has 0 aromatic heterocycles. The van der Waals surface area contributed by atoms with Gasteiger partial charge in [-0.3, -0.25) is 4.79 Å². The number of nitrogens with one attached hydrogen (secondary N) is 1. The fourth-order valence-electron chi connectivity index (χ4n) is 2.12. The van der Waals surface area contributed by atoms with Crippen molar-refractivity contribution in [1.82, 2.24) is 0 Å². The van der Waals surface area contributed by atoms with Crippen molar-refractivity contribution in [3.05, 3.63) is 59.2 Å². The number of amides is 1. The smallest absolute Gasteiger partial charge is 0.416 e. The first kappa shape index (κ1) is 20.6. The molecule has 2 aromatic rings. The van der Waals surface area contributed by atoms with Gasteiger partial charge in [-0.2, -0.15) is 26.3 Å². The molecule has 0 aliphatic rings. The standard InChI is InChI=1S/C17H14F6N2O2/c18-16(19,20)11-5-10(6-12(7-11)17(21,22)23)9-27-14-3-1-13(2-4-14)25-15(26)8-24/h1-7H,8-9,24H2,(H,25,26). The highest BCUT2D eigenvalue weighted by Gasteiger charge is 2.36. The van der Waals surface area contributed by atoms with E-state index in [2.05, 4.69) is 5.32 Å². The molecule has 10 heteroatoms. The highest BCUT2D eigenvalue weighted by molar-refractivity contribution is 5.92. The molecular weight excluding hydrogens is 378 g/mol. The molecule has 4 nitrogen and oxygen atoms in total. The first-order valence-corrected chi connectivity index (χ1v) is 7.50. The Balaban J connectivity index is 2.16. The van der Waals surface area contributed by atoms with E-state index in [-0.39, 0.29) is 23.9 Å². The van der Waals surface area contributed by atoms with Gasteiger partial charge < -0.3 is 15.8 Å². The minimum absolute atomic E-state index is 0.0540. The lowest BCUT2D eigenvalue weighted by Gasteiger charge is -2.15. The zero-order chi connectivity index (χ0) is 20.2. The van der Waals surface area contributed by atoms with Crippen molar-refractivity contribution in [2.24, 2.45) is 5.73 Å². The zero-order valence-corrected chi connectivity index (χ0v) is 13.6. The molecule has 3 N–H and O–H groups in total. The second-order valence-corrected chi connectivity index (χ2v) is 5.48. The SMILES string of the molecule is NCC(=O)Nc1ccc(OCc2cc(C(F)(F)F)cc(C(F)(F)F)c2)cc1. The van der Waals surface area contributed by atoms with Crippen molar-refractivity contribution < 1.29 is 35.9 Å².